The molecular weight excluding hydrogens is 412 g/mol. The molecule has 0 saturated carbocycles. The third-order valence-electron chi connectivity index (χ3n) is 4.81. The molecule has 1 atom stereocenters. The average molecular weight is 437 g/mol. The zero-order chi connectivity index (χ0) is 21.1. The Morgan fingerprint density at radius 2 is 1.93 bits per heavy atom. The zero-order valence-corrected chi connectivity index (χ0v) is 17.7. The van der Waals surface area contributed by atoms with E-state index in [0.717, 1.165) is 0 Å². The predicted molar refractivity (Wildman–Crippen MR) is 112 cm³/mol. The van der Waals surface area contributed by atoms with Crippen LogP contribution in [0.3, 0.4) is 0 Å². The molecule has 1 unspecified atom stereocenters. The van der Waals surface area contributed by atoms with Gasteiger partial charge < -0.3 is 4.74 Å². The molecule has 29 heavy (non-hydrogen) atoms. The van der Waals surface area contributed by atoms with E-state index in [4.69, 9.17) is 10.00 Å². The largest absolute Gasteiger partial charge is 0.493 e. The van der Waals surface area contributed by atoms with Crippen molar-refractivity contribution in [1.82, 2.24) is 4.90 Å². The van der Waals surface area contributed by atoms with Crippen LogP contribution in [0.2, 0.25) is 0 Å². The number of fused-ring (bicyclic) bond motifs is 1. The molecule has 7 nitrogen and oxygen atoms in total. The van der Waals surface area contributed by atoms with Crippen molar-refractivity contribution in [2.24, 2.45) is 0 Å². The van der Waals surface area contributed by atoms with Crippen molar-refractivity contribution >= 4 is 20.4 Å². The Bertz CT molecular complexity index is 1000. The molecule has 0 spiro atoms. The maximum Gasteiger partial charge on any atom is 0.187 e. The molecule has 3 rings (SSSR count). The molecule has 0 bridgehead atoms. The molecule has 0 radical (unpaired) electrons. The highest BCUT2D eigenvalue weighted by molar-refractivity contribution is 8.25. The molecular formula is C20H24N2O5S2. The van der Waals surface area contributed by atoms with Crippen LogP contribution in [0.15, 0.2) is 58.3 Å². The van der Waals surface area contributed by atoms with Gasteiger partial charge in [-0.25, -0.2) is 8.42 Å². The SMILES string of the molecule is CN(CC#N)CCCOc1cccc2c1C(S(=O)(=O)c1ccccc1)CS2(O)O. The van der Waals surface area contributed by atoms with Gasteiger partial charge in [-0.15, -0.1) is 0 Å². The molecule has 0 fully saturated rings. The Labute approximate surface area is 172 Å². The molecule has 1 aliphatic heterocycles. The average Bonchev–Trinajstić information content (AvgIpc) is 2.99. The van der Waals surface area contributed by atoms with Gasteiger partial charge in [0.15, 0.2) is 9.84 Å². The molecule has 1 heterocycles. The van der Waals surface area contributed by atoms with E-state index in [1.165, 1.54) is 12.1 Å². The lowest BCUT2D eigenvalue weighted by atomic mass is 10.1. The summed E-state index contributed by atoms with van der Waals surface area (Å²) in [5.41, 5.74) is 0.335. The Hall–Kier alpha value is -2.09. The first-order valence-corrected chi connectivity index (χ1v) is 12.4. The van der Waals surface area contributed by atoms with Crippen LogP contribution in [0.25, 0.3) is 0 Å². The number of hydrogen-bond donors (Lipinski definition) is 2. The standard InChI is InChI=1S/C20H24N2O5S2/c1-22(13-11-21)12-6-14-27-17-9-5-10-18-20(17)19(15-28(18,23)24)29(25,26)16-7-3-2-4-8-16/h2-5,7-10,19,23-24H,6,12-15H2,1H3. The summed E-state index contributed by atoms with van der Waals surface area (Å²) in [6.07, 6.45) is 0.647. The summed E-state index contributed by atoms with van der Waals surface area (Å²) in [5, 5.41) is 7.62. The fraction of sp³-hybridized carbons (Fsp3) is 0.350. The number of nitriles is 1. The lowest BCUT2D eigenvalue weighted by Crippen LogP contribution is -2.21. The van der Waals surface area contributed by atoms with E-state index >= 15 is 0 Å². The second-order valence-electron chi connectivity index (χ2n) is 6.95. The molecule has 2 aromatic carbocycles. The maximum absolute atomic E-state index is 13.2. The van der Waals surface area contributed by atoms with Gasteiger partial charge >= 0.3 is 0 Å². The highest BCUT2D eigenvalue weighted by Gasteiger charge is 2.45. The van der Waals surface area contributed by atoms with Crippen molar-refractivity contribution in [1.29, 1.82) is 5.26 Å². The first kappa shape index (κ1) is 21.6. The van der Waals surface area contributed by atoms with Gasteiger partial charge in [0, 0.05) is 12.1 Å². The summed E-state index contributed by atoms with van der Waals surface area (Å²) >= 11 is 0. The zero-order valence-electron chi connectivity index (χ0n) is 16.1. The van der Waals surface area contributed by atoms with Gasteiger partial charge in [-0.2, -0.15) is 15.9 Å². The summed E-state index contributed by atoms with van der Waals surface area (Å²) in [6, 6.07) is 15.0. The van der Waals surface area contributed by atoms with Gasteiger partial charge in [-0.05, 0) is 37.7 Å². The number of nitrogens with zero attached hydrogens (tertiary/aromatic N) is 2. The lowest BCUT2D eigenvalue weighted by Gasteiger charge is -2.27. The maximum atomic E-state index is 13.2. The number of ether oxygens (including phenoxy) is 1. The summed E-state index contributed by atoms with van der Waals surface area (Å²) < 4.78 is 53.4. The Balaban J connectivity index is 1.88. The first-order chi connectivity index (χ1) is 13.8. The highest BCUT2D eigenvalue weighted by atomic mass is 32.3. The highest BCUT2D eigenvalue weighted by Crippen LogP contribution is 2.63. The van der Waals surface area contributed by atoms with Gasteiger partial charge in [0.1, 0.15) is 11.0 Å². The van der Waals surface area contributed by atoms with Gasteiger partial charge in [-0.3, -0.25) is 14.0 Å². The fourth-order valence-electron chi connectivity index (χ4n) is 3.37. The number of benzene rings is 2. The lowest BCUT2D eigenvalue weighted by molar-refractivity contribution is 0.271. The smallest absolute Gasteiger partial charge is 0.187 e. The normalized spacial score (nSPS) is 18.8. The van der Waals surface area contributed by atoms with E-state index in [0.29, 0.717) is 37.4 Å². The van der Waals surface area contributed by atoms with Crippen molar-refractivity contribution in [3.8, 4) is 11.8 Å². The molecule has 9 heteroatoms. The number of rotatable bonds is 8. The Morgan fingerprint density at radius 1 is 1.21 bits per heavy atom. The molecule has 0 saturated heterocycles. The molecule has 1 aliphatic rings. The number of hydrogen-bond acceptors (Lipinski definition) is 7. The molecule has 0 aliphatic carbocycles. The molecule has 0 amide bonds. The molecule has 156 valence electrons. The van der Waals surface area contributed by atoms with Gasteiger partial charge in [0.2, 0.25) is 0 Å². The third-order valence-corrected chi connectivity index (χ3v) is 8.96. The minimum Gasteiger partial charge on any atom is -0.493 e. The van der Waals surface area contributed by atoms with Crippen LogP contribution in [-0.4, -0.2) is 54.9 Å². The van der Waals surface area contributed by atoms with E-state index in [9.17, 15) is 17.5 Å². The van der Waals surface area contributed by atoms with Gasteiger partial charge in [-0.1, -0.05) is 24.3 Å². The Kier molecular flexibility index (Phi) is 6.51. The van der Waals surface area contributed by atoms with Crippen LogP contribution >= 0.6 is 10.6 Å². The van der Waals surface area contributed by atoms with E-state index in [2.05, 4.69) is 6.07 Å². The van der Waals surface area contributed by atoms with Crippen LogP contribution in [0.1, 0.15) is 17.2 Å². The third kappa shape index (κ3) is 4.57. The van der Waals surface area contributed by atoms with Crippen LogP contribution in [0.5, 0.6) is 5.75 Å². The number of sulfone groups is 1. The minimum absolute atomic E-state index is 0.140. The van der Waals surface area contributed by atoms with Crippen LogP contribution in [-0.2, 0) is 9.84 Å². The van der Waals surface area contributed by atoms with Gasteiger partial charge in [0.05, 0.1) is 34.8 Å². The minimum atomic E-state index is -3.82. The van der Waals surface area contributed by atoms with Crippen LogP contribution < -0.4 is 4.74 Å². The summed E-state index contributed by atoms with van der Waals surface area (Å²) in [6.45, 7) is 1.30. The molecule has 2 N–H and O–H groups in total. The van der Waals surface area contributed by atoms with E-state index < -0.39 is 25.7 Å². The molecule has 0 aromatic heterocycles. The first-order valence-electron chi connectivity index (χ1n) is 9.13. The van der Waals surface area contributed by atoms with Crippen molar-refractivity contribution in [3.63, 3.8) is 0 Å². The Morgan fingerprint density at radius 3 is 2.62 bits per heavy atom. The van der Waals surface area contributed by atoms with Gasteiger partial charge in [0.25, 0.3) is 0 Å². The van der Waals surface area contributed by atoms with Crippen molar-refractivity contribution in [3.05, 3.63) is 54.1 Å². The van der Waals surface area contributed by atoms with E-state index in [1.54, 1.807) is 36.4 Å². The monoisotopic (exact) mass is 436 g/mol. The predicted octanol–water partition coefficient (Wildman–Crippen LogP) is 3.55. The van der Waals surface area contributed by atoms with E-state index in [1.807, 2.05) is 11.9 Å². The quantitative estimate of drug-likeness (QED) is 0.481. The summed E-state index contributed by atoms with van der Waals surface area (Å²) in [7, 11) is -5.21. The molecule has 2 aromatic rings. The fourth-order valence-corrected chi connectivity index (χ4v) is 7.81. The van der Waals surface area contributed by atoms with Crippen molar-refractivity contribution in [2.45, 2.75) is 21.5 Å². The summed E-state index contributed by atoms with van der Waals surface area (Å²) in [5.74, 6) is 0.0811. The van der Waals surface area contributed by atoms with Crippen LogP contribution in [0, 0.1) is 11.3 Å². The van der Waals surface area contributed by atoms with E-state index in [-0.39, 0.29) is 15.5 Å². The second kappa shape index (κ2) is 8.73. The van der Waals surface area contributed by atoms with Crippen LogP contribution in [0.4, 0.5) is 0 Å². The topological polar surface area (TPSA) is 111 Å². The van der Waals surface area contributed by atoms with Crippen molar-refractivity contribution in [2.75, 3.05) is 32.5 Å². The second-order valence-corrected chi connectivity index (χ2v) is 11.2. The summed E-state index contributed by atoms with van der Waals surface area (Å²) in [4.78, 5) is 2.24. The van der Waals surface area contributed by atoms with Crippen molar-refractivity contribution < 1.29 is 22.3 Å².